The van der Waals surface area contributed by atoms with E-state index in [1.165, 1.54) is 49.9 Å². The van der Waals surface area contributed by atoms with Crippen molar-refractivity contribution < 1.29 is 28.6 Å². The fraction of sp³-hybridized carbons (Fsp3) is 0.480. The third-order valence-electron chi connectivity index (χ3n) is 6.67. The second-order valence-electron chi connectivity index (χ2n) is 9.65. The normalized spacial score (nSPS) is 18.9. The van der Waals surface area contributed by atoms with E-state index in [0.29, 0.717) is 17.5 Å². The van der Waals surface area contributed by atoms with Gasteiger partial charge in [0.25, 0.3) is 11.5 Å². The predicted molar refractivity (Wildman–Crippen MR) is 131 cm³/mol. The number of aryl methyl sites for hydroxylation is 1. The molecule has 12 heteroatoms. The fourth-order valence-electron chi connectivity index (χ4n) is 4.21. The molecule has 2 heterocycles. The van der Waals surface area contributed by atoms with Crippen LogP contribution in [-0.2, 0) is 27.4 Å². The lowest BCUT2D eigenvalue weighted by molar-refractivity contribution is -0.151. The number of fused-ring (bicyclic) bond motifs is 1. The third kappa shape index (κ3) is 5.63. The van der Waals surface area contributed by atoms with E-state index < -0.39 is 46.4 Å². The number of rotatable bonds is 5. The number of aromatic nitrogens is 2. The van der Waals surface area contributed by atoms with E-state index in [1.54, 1.807) is 19.9 Å². The number of carbonyl (C=O) groups excluding carboxylic acids is 3. The Morgan fingerprint density at radius 1 is 1.27 bits per heavy atom. The molecule has 0 radical (unpaired) electrons. The number of nitrogens with zero attached hydrogens (tertiary/aromatic N) is 4. The molecule has 1 aliphatic rings. The van der Waals surface area contributed by atoms with Crippen LogP contribution in [0.4, 0.5) is 4.39 Å². The monoisotopic (exact) mass is 517 g/mol. The molecule has 0 bridgehead atoms. The molecule has 2 atom stereocenters. The van der Waals surface area contributed by atoms with E-state index in [9.17, 15) is 28.7 Å². The Morgan fingerprint density at radius 3 is 2.54 bits per heavy atom. The fourth-order valence-corrected chi connectivity index (χ4v) is 4.21. The molecule has 0 saturated heterocycles. The first-order chi connectivity index (χ1) is 17.3. The highest BCUT2D eigenvalue weighted by Gasteiger charge is 2.39. The number of ether oxygens (including phenoxy) is 1. The van der Waals surface area contributed by atoms with Crippen LogP contribution in [0.15, 0.2) is 23.0 Å². The van der Waals surface area contributed by atoms with Crippen LogP contribution in [-0.4, -0.2) is 76.0 Å². The lowest BCUT2D eigenvalue weighted by Gasteiger charge is -2.28. The van der Waals surface area contributed by atoms with Crippen LogP contribution in [0.1, 0.15) is 53.2 Å². The maximum absolute atomic E-state index is 13.6. The molecule has 37 heavy (non-hydrogen) atoms. The highest BCUT2D eigenvalue weighted by Crippen LogP contribution is 2.34. The molecule has 1 aromatic heterocycles. The van der Waals surface area contributed by atoms with Crippen LogP contribution < -0.4 is 10.9 Å². The Bertz CT molecular complexity index is 1290. The number of carbonyl (C=O) groups is 3. The summed E-state index contributed by atoms with van der Waals surface area (Å²) in [5, 5.41) is 13.2. The number of methoxy groups -OCH3 is 1. The van der Waals surface area contributed by atoms with E-state index in [-0.39, 0.29) is 31.2 Å². The third-order valence-corrected chi connectivity index (χ3v) is 6.67. The number of amides is 3. The Balaban J connectivity index is 2.04. The smallest absolute Gasteiger partial charge is 0.312 e. The van der Waals surface area contributed by atoms with Gasteiger partial charge in [-0.2, -0.15) is 0 Å². The van der Waals surface area contributed by atoms with Gasteiger partial charge in [-0.1, -0.05) is 12.1 Å². The maximum atomic E-state index is 13.6. The van der Waals surface area contributed by atoms with E-state index in [4.69, 9.17) is 4.74 Å². The topological polar surface area (TPSA) is 134 Å². The van der Waals surface area contributed by atoms with Gasteiger partial charge < -0.3 is 25.0 Å². The quantitative estimate of drug-likeness (QED) is 0.568. The van der Waals surface area contributed by atoms with Crippen LogP contribution in [0, 0.1) is 12.7 Å². The van der Waals surface area contributed by atoms with Gasteiger partial charge in [-0.25, -0.2) is 9.37 Å². The van der Waals surface area contributed by atoms with Crippen LogP contribution in [0.3, 0.4) is 0 Å². The molecule has 11 nitrogen and oxygen atoms in total. The van der Waals surface area contributed by atoms with Gasteiger partial charge in [0.05, 0.1) is 18.2 Å². The summed E-state index contributed by atoms with van der Waals surface area (Å²) >= 11 is 0. The second kappa shape index (κ2) is 10.7. The minimum Gasteiger partial charge on any atom is -0.501 e. The van der Waals surface area contributed by atoms with E-state index >= 15 is 0 Å². The minimum absolute atomic E-state index is 0.000388. The van der Waals surface area contributed by atoms with Gasteiger partial charge in [0.15, 0.2) is 5.69 Å². The van der Waals surface area contributed by atoms with E-state index in [2.05, 4.69) is 10.3 Å². The van der Waals surface area contributed by atoms with Crippen LogP contribution in [0.25, 0.3) is 0 Å². The molecule has 0 unspecified atom stereocenters. The van der Waals surface area contributed by atoms with Crippen molar-refractivity contribution in [2.45, 2.75) is 51.4 Å². The lowest BCUT2D eigenvalue weighted by Crippen LogP contribution is -2.43. The van der Waals surface area contributed by atoms with Gasteiger partial charge in [0, 0.05) is 34.8 Å². The molecule has 3 amide bonds. The van der Waals surface area contributed by atoms with Crippen LogP contribution >= 0.6 is 0 Å². The number of likely N-dealkylation sites (N-methyl/N-ethyl adjacent to an activating group) is 2. The van der Waals surface area contributed by atoms with Crippen molar-refractivity contribution in [1.82, 2.24) is 24.7 Å². The highest BCUT2D eigenvalue weighted by molar-refractivity contribution is 6.34. The summed E-state index contributed by atoms with van der Waals surface area (Å²) in [4.78, 5) is 58.1. The molecule has 0 fully saturated rings. The van der Waals surface area contributed by atoms with E-state index in [1.807, 2.05) is 0 Å². The van der Waals surface area contributed by atoms with Crippen molar-refractivity contribution in [3.63, 3.8) is 0 Å². The zero-order chi connectivity index (χ0) is 27.7. The first-order valence-corrected chi connectivity index (χ1v) is 11.7. The Labute approximate surface area is 213 Å². The van der Waals surface area contributed by atoms with Gasteiger partial charge in [0.2, 0.25) is 5.75 Å². The summed E-state index contributed by atoms with van der Waals surface area (Å²) in [5.41, 5.74) is -1.20. The number of nitrogens with one attached hydrogen (secondary N) is 1. The molecule has 0 spiro atoms. The molecule has 1 aliphatic heterocycles. The number of hydrogen-bond donors (Lipinski definition) is 2. The lowest BCUT2D eigenvalue weighted by atomic mass is 9.98. The Kier molecular flexibility index (Phi) is 8.01. The molecule has 200 valence electrons. The molecule has 0 aliphatic carbocycles. The van der Waals surface area contributed by atoms with Crippen molar-refractivity contribution in [2.75, 3.05) is 28.3 Å². The van der Waals surface area contributed by atoms with Gasteiger partial charge in [-0.15, -0.1) is 0 Å². The maximum Gasteiger partial charge on any atom is 0.312 e. The summed E-state index contributed by atoms with van der Waals surface area (Å²) in [6.45, 7) is 3.38. The summed E-state index contributed by atoms with van der Waals surface area (Å²) in [5.74, 6) is -3.59. The summed E-state index contributed by atoms with van der Waals surface area (Å²) < 4.78 is 20.4. The van der Waals surface area contributed by atoms with Gasteiger partial charge in [0.1, 0.15) is 11.6 Å². The Hall–Kier alpha value is -3.80. The van der Waals surface area contributed by atoms with Crippen molar-refractivity contribution in [3.8, 4) is 5.75 Å². The number of hydrogen-bond acceptors (Lipinski definition) is 7. The largest absolute Gasteiger partial charge is 0.501 e. The highest BCUT2D eigenvalue weighted by atomic mass is 19.1. The SMILES string of the molecule is CO[C@]1(C)CC[C@H](N(C)C(=O)C(=O)N(C)C)c2nc(C(=O)NCc3ccc(F)c(C)c3)c(O)c(=O)n2C1. The second-order valence-corrected chi connectivity index (χ2v) is 9.65. The minimum atomic E-state index is -0.872. The number of aromatic hydroxyl groups is 1. The van der Waals surface area contributed by atoms with Crippen molar-refractivity contribution >= 4 is 17.7 Å². The molecule has 2 aromatic rings. The molecule has 0 saturated carbocycles. The summed E-state index contributed by atoms with van der Waals surface area (Å²) in [7, 11) is 5.80. The van der Waals surface area contributed by atoms with Gasteiger partial charge >= 0.3 is 11.8 Å². The number of halogens is 1. The molecular formula is C25H32FN5O6. The van der Waals surface area contributed by atoms with Gasteiger partial charge in [-0.05, 0) is 43.9 Å². The first-order valence-electron chi connectivity index (χ1n) is 11.7. The van der Waals surface area contributed by atoms with Crippen LogP contribution in [0.2, 0.25) is 0 Å². The van der Waals surface area contributed by atoms with E-state index in [0.717, 1.165) is 4.90 Å². The Morgan fingerprint density at radius 2 is 1.95 bits per heavy atom. The van der Waals surface area contributed by atoms with Crippen molar-refractivity contribution in [1.29, 1.82) is 0 Å². The predicted octanol–water partition coefficient (Wildman–Crippen LogP) is 1.11. The standard InChI is InChI=1S/C25H32FN5O6/c1-14-11-15(7-8-16(14)26)12-27-21(33)18-19(32)22(34)31-13-25(2,37-6)10-9-17(20(31)28-18)30(5)24(36)23(35)29(3)4/h7-8,11,17,32H,9-10,12-13H2,1-6H3,(H,27,33)/t17-,25+/m0/s1. The molecule has 2 N–H and O–H groups in total. The first kappa shape index (κ1) is 27.8. The molecule has 1 aromatic carbocycles. The number of benzene rings is 1. The van der Waals surface area contributed by atoms with Gasteiger partial charge in [-0.3, -0.25) is 23.7 Å². The van der Waals surface area contributed by atoms with Crippen LogP contribution in [0.5, 0.6) is 5.75 Å². The average molecular weight is 518 g/mol. The zero-order valence-corrected chi connectivity index (χ0v) is 21.8. The van der Waals surface area contributed by atoms with Crippen molar-refractivity contribution in [3.05, 3.63) is 57.0 Å². The molecule has 3 rings (SSSR count). The summed E-state index contributed by atoms with van der Waals surface area (Å²) in [6, 6.07) is 3.50. The summed E-state index contributed by atoms with van der Waals surface area (Å²) in [6.07, 6.45) is 0.678. The average Bonchev–Trinajstić information content (AvgIpc) is 3.02. The molecular weight excluding hydrogens is 485 g/mol. The zero-order valence-electron chi connectivity index (χ0n) is 21.8. The van der Waals surface area contributed by atoms with Crippen molar-refractivity contribution in [2.24, 2.45) is 0 Å².